The summed E-state index contributed by atoms with van der Waals surface area (Å²) in [4.78, 5) is 2.37. The van der Waals surface area contributed by atoms with E-state index >= 15 is 0 Å². The highest BCUT2D eigenvalue weighted by Crippen LogP contribution is 2.51. The van der Waals surface area contributed by atoms with Crippen LogP contribution < -0.4 is 31.4 Å². The molecule has 0 aromatic heterocycles. The lowest BCUT2D eigenvalue weighted by atomic mass is 9.86. The molecule has 0 amide bonds. The van der Waals surface area contributed by atoms with Crippen LogP contribution in [-0.4, -0.2) is 95.4 Å². The Balaban J connectivity index is 0.00000372. The van der Waals surface area contributed by atoms with Crippen LogP contribution in [0.25, 0.3) is 0 Å². The number of fused-ring (bicyclic) bond motifs is 5. The molecule has 0 fully saturated rings. The van der Waals surface area contributed by atoms with Gasteiger partial charge in [0.2, 0.25) is 5.75 Å². The Hall–Kier alpha value is -4.02. The van der Waals surface area contributed by atoms with Gasteiger partial charge in [-0.05, 0) is 90.2 Å². The lowest BCUT2D eigenvalue weighted by Gasteiger charge is -2.43. The Kier molecular flexibility index (Phi) is 17.2. The summed E-state index contributed by atoms with van der Waals surface area (Å²) < 4.78 is 25.3. The minimum atomic E-state index is -0.0515. The zero-order chi connectivity index (χ0) is 31.5. The number of phenolic OH excluding ortho intramolecular Hbond substituents is 2. The van der Waals surface area contributed by atoms with Crippen molar-refractivity contribution in [3.8, 4) is 46.0 Å². The fourth-order valence-corrected chi connectivity index (χ4v) is 7.31. The summed E-state index contributed by atoms with van der Waals surface area (Å²) in [5.41, 5.74) is 6.59. The second-order valence-electron chi connectivity index (χ2n) is 13.1. The maximum absolute atomic E-state index is 11.6. The minimum Gasteiger partial charge on any atom is -1.00 e. The van der Waals surface area contributed by atoms with Crippen molar-refractivity contribution in [1.82, 2.24) is 4.90 Å². The molecule has 290 valence electrons. The highest BCUT2D eigenvalue weighted by Gasteiger charge is 2.41. The van der Waals surface area contributed by atoms with Gasteiger partial charge in [-0.15, -0.1) is 12.4 Å². The molecule has 3 aliphatic heterocycles. The van der Waals surface area contributed by atoms with Crippen molar-refractivity contribution in [2.75, 3.05) is 48.5 Å². The molecule has 7 rings (SSSR count). The highest BCUT2D eigenvalue weighted by atomic mass is 35.5. The molecule has 6 bridgehead atoms. The molecule has 4 aromatic rings. The molecule has 4 aromatic carbocycles. The molecule has 0 aliphatic carbocycles. The topological polar surface area (TPSA) is 238 Å². The van der Waals surface area contributed by atoms with Gasteiger partial charge in [-0.25, -0.2) is 0 Å². The van der Waals surface area contributed by atoms with Gasteiger partial charge in [-0.3, -0.25) is 4.90 Å². The minimum absolute atomic E-state index is 0. The smallest absolute Gasteiger partial charge is 0.201 e. The number of benzene rings is 4. The summed E-state index contributed by atoms with van der Waals surface area (Å²) in [7, 11) is 9.81. The molecule has 2 atom stereocenters. The largest absolute Gasteiger partial charge is 1.00 e. The Bertz CT molecular complexity index is 1810. The van der Waals surface area contributed by atoms with Crippen LogP contribution in [0.4, 0.5) is 0 Å². The van der Waals surface area contributed by atoms with Crippen LogP contribution in [0.1, 0.15) is 45.5 Å². The number of ether oxygens (including phenoxy) is 4. The maximum Gasteiger partial charge on any atom is 0.201 e. The molecule has 0 unspecified atom stereocenters. The highest BCUT2D eigenvalue weighted by molar-refractivity contribution is 5.85. The molecule has 52 heavy (non-hydrogen) atoms. The zero-order valence-electron chi connectivity index (χ0n) is 29.9. The number of aromatic hydroxyl groups is 2. The molecule has 15 heteroatoms. The first kappa shape index (κ1) is 48.0. The lowest BCUT2D eigenvalue weighted by molar-refractivity contribution is -0.923. The standard InChI is InChI=1S/C37H40N2O6.2ClH.5H2O/c1-38-13-11-24-19-32(42-4)33-21-27(24)28(38)16-22-7-6-8-26(15-22)44-37-35-25(20-34(43-5)36(37)41)12-14-39(2,3)29(35)17-23-9-10-30(40)31(18-23)45-33;;;;;;;/h6-10,15,18-21,28-29H,11-14,16-17H2,1-5H3,(H-,40,41);2*1H;5*1H2/t28-,29+;;;;;;;/m0......./s1. The third kappa shape index (κ3) is 8.60. The number of likely N-dealkylation sites (N-methyl/N-ethyl adjacent to an activating group) is 2. The molecule has 13 nitrogen and oxygen atoms in total. The predicted octanol–water partition coefficient (Wildman–Crippen LogP) is 0.00330. The fraction of sp³-hybridized carbons (Fsp3) is 0.351. The summed E-state index contributed by atoms with van der Waals surface area (Å²) in [6.45, 7) is 1.82. The molecule has 12 N–H and O–H groups in total. The Morgan fingerprint density at radius 3 is 2.13 bits per heavy atom. The van der Waals surface area contributed by atoms with E-state index in [-0.39, 0.29) is 75.8 Å². The molecule has 0 saturated carbocycles. The van der Waals surface area contributed by atoms with Gasteiger partial charge in [0.1, 0.15) is 11.8 Å². The number of hydrogen-bond donors (Lipinski definition) is 2. The van der Waals surface area contributed by atoms with Gasteiger partial charge in [0.25, 0.3) is 0 Å². The van der Waals surface area contributed by atoms with E-state index in [1.807, 2.05) is 30.3 Å². The summed E-state index contributed by atoms with van der Waals surface area (Å²) in [5, 5.41) is 22.5. The normalized spacial score (nSPS) is 17.5. The summed E-state index contributed by atoms with van der Waals surface area (Å²) in [5.74, 6) is 3.16. The van der Waals surface area contributed by atoms with Gasteiger partial charge >= 0.3 is 0 Å². The van der Waals surface area contributed by atoms with Crippen molar-refractivity contribution < 1.29 is 73.4 Å². The van der Waals surface area contributed by atoms with Crippen LogP contribution >= 0.6 is 12.4 Å². The van der Waals surface area contributed by atoms with Crippen molar-refractivity contribution in [2.24, 2.45) is 0 Å². The Labute approximate surface area is 316 Å². The van der Waals surface area contributed by atoms with E-state index in [1.54, 1.807) is 20.3 Å². The fourth-order valence-electron chi connectivity index (χ4n) is 7.31. The second kappa shape index (κ2) is 18.6. The predicted molar refractivity (Wildman–Crippen MR) is 198 cm³/mol. The number of hydrogen-bond acceptors (Lipinski definition) is 7. The first-order valence-corrected chi connectivity index (χ1v) is 15.6. The maximum atomic E-state index is 11.6. The quantitative estimate of drug-likeness (QED) is 0.264. The van der Waals surface area contributed by atoms with Crippen molar-refractivity contribution in [1.29, 1.82) is 0 Å². The zero-order valence-corrected chi connectivity index (χ0v) is 31.5. The molecular weight excluding hydrogens is 719 g/mol. The lowest BCUT2D eigenvalue weighted by Crippen LogP contribution is -3.00. The van der Waals surface area contributed by atoms with E-state index in [2.05, 4.69) is 50.3 Å². The van der Waals surface area contributed by atoms with E-state index < -0.39 is 0 Å². The molecule has 3 aliphatic rings. The van der Waals surface area contributed by atoms with Crippen LogP contribution in [0.15, 0.2) is 60.7 Å². The number of phenols is 2. The molecular formula is C37H52Cl2N2O11. The Morgan fingerprint density at radius 2 is 1.44 bits per heavy atom. The number of rotatable bonds is 2. The van der Waals surface area contributed by atoms with Crippen LogP contribution in [0, 0.1) is 0 Å². The SMILES string of the molecule is COc1cc2c3cc1Oc1cc(ccc1O)C[C@@H]1c4c(cc(OC)c(O)c4Oc4cccc(c4)C[C@@H]3N(C)CC2)CC[N+]1(C)C.Cl.O.O.O.O.O.[Cl-]. The summed E-state index contributed by atoms with van der Waals surface area (Å²) in [6.07, 6.45) is 3.11. The average Bonchev–Trinajstić information content (AvgIpc) is 3.02. The van der Waals surface area contributed by atoms with Crippen molar-refractivity contribution in [3.05, 3.63) is 94.0 Å². The van der Waals surface area contributed by atoms with E-state index in [1.165, 1.54) is 11.1 Å². The van der Waals surface area contributed by atoms with Gasteiger partial charge < -0.3 is 73.4 Å². The first-order chi connectivity index (χ1) is 21.6. The first-order valence-electron chi connectivity index (χ1n) is 15.6. The van der Waals surface area contributed by atoms with Crippen molar-refractivity contribution in [3.63, 3.8) is 0 Å². The van der Waals surface area contributed by atoms with Crippen molar-refractivity contribution >= 4 is 12.4 Å². The van der Waals surface area contributed by atoms with E-state index in [4.69, 9.17) is 18.9 Å². The molecule has 3 heterocycles. The van der Waals surface area contributed by atoms with E-state index in [0.29, 0.717) is 45.4 Å². The van der Waals surface area contributed by atoms with Gasteiger partial charge in [-0.2, -0.15) is 0 Å². The average molecular weight is 772 g/mol. The van der Waals surface area contributed by atoms with E-state index in [9.17, 15) is 10.2 Å². The monoisotopic (exact) mass is 770 g/mol. The summed E-state index contributed by atoms with van der Waals surface area (Å²) >= 11 is 0. The summed E-state index contributed by atoms with van der Waals surface area (Å²) in [6, 6.07) is 19.8. The van der Waals surface area contributed by atoms with Gasteiger partial charge in [0, 0.05) is 25.4 Å². The molecule has 0 spiro atoms. The van der Waals surface area contributed by atoms with E-state index in [0.717, 1.165) is 54.6 Å². The van der Waals surface area contributed by atoms with Gasteiger partial charge in [-0.1, -0.05) is 18.2 Å². The third-order valence-electron chi connectivity index (χ3n) is 9.97. The van der Waals surface area contributed by atoms with Crippen molar-refractivity contribution in [2.45, 2.75) is 37.8 Å². The van der Waals surface area contributed by atoms with Crippen LogP contribution in [0.3, 0.4) is 0 Å². The molecule has 0 saturated heterocycles. The second-order valence-corrected chi connectivity index (χ2v) is 13.1. The van der Waals surface area contributed by atoms with Crippen LogP contribution in [0.2, 0.25) is 0 Å². The van der Waals surface area contributed by atoms with Gasteiger partial charge in [0.15, 0.2) is 34.5 Å². The number of methoxy groups -OCH3 is 2. The van der Waals surface area contributed by atoms with Crippen LogP contribution in [0.5, 0.6) is 46.0 Å². The number of nitrogens with zero attached hydrogens (tertiary/aromatic N) is 2. The number of halogens is 2. The van der Waals surface area contributed by atoms with Crippen LogP contribution in [-0.2, 0) is 25.7 Å². The number of quaternary nitrogens is 1. The molecule has 0 radical (unpaired) electrons. The Morgan fingerprint density at radius 1 is 0.769 bits per heavy atom. The van der Waals surface area contributed by atoms with Gasteiger partial charge in [0.05, 0.1) is 40.4 Å². The third-order valence-corrected chi connectivity index (χ3v) is 9.97.